The van der Waals surface area contributed by atoms with Gasteiger partial charge in [-0.25, -0.2) is 0 Å². The molecule has 0 aromatic rings. The van der Waals surface area contributed by atoms with Crippen LogP contribution in [0.15, 0.2) is 0 Å². The van der Waals surface area contributed by atoms with Crippen molar-refractivity contribution in [1.29, 1.82) is 0 Å². The Kier molecular flexibility index (Phi) is 15.7. The SMILES string of the molecule is CCCCCCCOC(=O)C([SiH3])(CC)C(CCC)CCCCCCC. The summed E-state index contributed by atoms with van der Waals surface area (Å²) in [7, 11) is 0.916. The second-order valence-electron chi connectivity index (χ2n) is 8.01. The van der Waals surface area contributed by atoms with Crippen LogP contribution in [0, 0.1) is 5.92 Å². The van der Waals surface area contributed by atoms with Crippen LogP contribution in [0.2, 0.25) is 5.04 Å². The summed E-state index contributed by atoms with van der Waals surface area (Å²) < 4.78 is 5.75. The normalized spacial score (nSPS) is 15.0. The number of esters is 1. The minimum absolute atomic E-state index is 0.115. The Labute approximate surface area is 161 Å². The number of hydrogen-bond acceptors (Lipinski definition) is 2. The third kappa shape index (κ3) is 10.4. The maximum atomic E-state index is 12.8. The monoisotopic (exact) mass is 370 g/mol. The van der Waals surface area contributed by atoms with E-state index in [0.29, 0.717) is 12.5 Å². The quantitative estimate of drug-likeness (QED) is 0.173. The highest BCUT2D eigenvalue weighted by Gasteiger charge is 2.39. The molecule has 0 saturated carbocycles. The molecule has 0 bridgehead atoms. The van der Waals surface area contributed by atoms with Crippen molar-refractivity contribution in [3.8, 4) is 0 Å². The molecule has 0 rings (SSSR count). The summed E-state index contributed by atoms with van der Waals surface area (Å²) >= 11 is 0. The van der Waals surface area contributed by atoms with Gasteiger partial charge in [0.1, 0.15) is 0 Å². The maximum absolute atomic E-state index is 12.8. The highest BCUT2D eigenvalue weighted by atomic mass is 28.1. The van der Waals surface area contributed by atoms with E-state index in [1.807, 2.05) is 0 Å². The van der Waals surface area contributed by atoms with E-state index in [9.17, 15) is 4.79 Å². The summed E-state index contributed by atoms with van der Waals surface area (Å²) in [6, 6.07) is 0. The van der Waals surface area contributed by atoms with Gasteiger partial charge in [-0.15, -0.1) is 0 Å². The fraction of sp³-hybridized carbons (Fsp3) is 0.955. The van der Waals surface area contributed by atoms with E-state index in [1.165, 1.54) is 77.0 Å². The lowest BCUT2D eigenvalue weighted by molar-refractivity contribution is -0.149. The summed E-state index contributed by atoms with van der Waals surface area (Å²) in [4.78, 5) is 12.8. The first-order valence-electron chi connectivity index (χ1n) is 11.2. The predicted octanol–water partition coefficient (Wildman–Crippen LogP) is 6.21. The average Bonchev–Trinajstić information content (AvgIpc) is 2.62. The zero-order valence-corrected chi connectivity index (χ0v) is 20.0. The number of carbonyl (C=O) groups is 1. The zero-order valence-electron chi connectivity index (χ0n) is 18.0. The number of carbonyl (C=O) groups excluding carboxylic acids is 1. The van der Waals surface area contributed by atoms with Gasteiger partial charge in [-0.05, 0) is 31.6 Å². The fourth-order valence-electron chi connectivity index (χ4n) is 3.76. The van der Waals surface area contributed by atoms with Crippen molar-refractivity contribution in [2.45, 2.75) is 123 Å². The van der Waals surface area contributed by atoms with Crippen LogP contribution in [0.4, 0.5) is 0 Å². The smallest absolute Gasteiger partial charge is 0.308 e. The maximum Gasteiger partial charge on any atom is 0.308 e. The van der Waals surface area contributed by atoms with Gasteiger partial charge in [0, 0.05) is 10.2 Å². The van der Waals surface area contributed by atoms with E-state index in [4.69, 9.17) is 4.74 Å². The van der Waals surface area contributed by atoms with Crippen LogP contribution in [0.3, 0.4) is 0 Å². The minimum Gasteiger partial charge on any atom is -0.466 e. The highest BCUT2D eigenvalue weighted by Crippen LogP contribution is 2.43. The van der Waals surface area contributed by atoms with Gasteiger partial charge in [-0.3, -0.25) is 4.79 Å². The average molecular weight is 371 g/mol. The van der Waals surface area contributed by atoms with Gasteiger partial charge in [0.05, 0.1) is 11.6 Å². The van der Waals surface area contributed by atoms with Crippen LogP contribution >= 0.6 is 0 Å². The van der Waals surface area contributed by atoms with E-state index in [2.05, 4.69) is 27.7 Å². The topological polar surface area (TPSA) is 26.3 Å². The molecule has 0 spiro atoms. The Bertz CT molecular complexity index is 319. The number of ether oxygens (including phenoxy) is 1. The first kappa shape index (κ1) is 24.7. The van der Waals surface area contributed by atoms with Crippen molar-refractivity contribution >= 4 is 16.2 Å². The van der Waals surface area contributed by atoms with Crippen molar-refractivity contribution in [3.63, 3.8) is 0 Å². The molecule has 0 saturated heterocycles. The summed E-state index contributed by atoms with van der Waals surface area (Å²) in [5.74, 6) is 0.646. The largest absolute Gasteiger partial charge is 0.466 e. The molecule has 25 heavy (non-hydrogen) atoms. The van der Waals surface area contributed by atoms with Crippen molar-refractivity contribution < 1.29 is 9.53 Å². The van der Waals surface area contributed by atoms with Crippen LogP contribution in [0.5, 0.6) is 0 Å². The van der Waals surface area contributed by atoms with E-state index in [1.54, 1.807) is 0 Å². The molecule has 0 aromatic heterocycles. The predicted molar refractivity (Wildman–Crippen MR) is 114 cm³/mol. The molecule has 0 N–H and O–H groups in total. The second-order valence-corrected chi connectivity index (χ2v) is 9.79. The van der Waals surface area contributed by atoms with Crippen LogP contribution in [0.25, 0.3) is 0 Å². The Balaban J connectivity index is 4.44. The first-order valence-corrected chi connectivity index (χ1v) is 12.2. The minimum atomic E-state index is -0.163. The van der Waals surface area contributed by atoms with Gasteiger partial charge < -0.3 is 4.74 Å². The van der Waals surface area contributed by atoms with Gasteiger partial charge in [-0.2, -0.15) is 0 Å². The third-order valence-electron chi connectivity index (χ3n) is 5.88. The van der Waals surface area contributed by atoms with E-state index < -0.39 is 0 Å². The molecule has 0 radical (unpaired) electrons. The lowest BCUT2D eigenvalue weighted by Gasteiger charge is -2.35. The molecule has 0 aliphatic carbocycles. The molecule has 0 fully saturated rings. The molecule has 2 atom stereocenters. The number of hydrogen-bond donors (Lipinski definition) is 0. The summed E-state index contributed by atoms with van der Waals surface area (Å²) in [6.45, 7) is 9.56. The lowest BCUT2D eigenvalue weighted by atomic mass is 9.81. The Morgan fingerprint density at radius 3 is 1.88 bits per heavy atom. The van der Waals surface area contributed by atoms with E-state index in [-0.39, 0.29) is 11.0 Å². The Morgan fingerprint density at radius 2 is 1.36 bits per heavy atom. The van der Waals surface area contributed by atoms with Crippen molar-refractivity contribution in [1.82, 2.24) is 0 Å². The molecule has 150 valence electrons. The summed E-state index contributed by atoms with van der Waals surface area (Å²) in [5, 5.41) is -0.163. The Hall–Kier alpha value is -0.313. The second kappa shape index (κ2) is 15.9. The van der Waals surface area contributed by atoms with Gasteiger partial charge >= 0.3 is 5.97 Å². The van der Waals surface area contributed by atoms with Crippen LogP contribution in [0.1, 0.15) is 118 Å². The first-order chi connectivity index (χ1) is 12.1. The number of rotatable bonds is 17. The van der Waals surface area contributed by atoms with Crippen LogP contribution in [-0.4, -0.2) is 22.8 Å². The molecule has 0 aliphatic rings. The van der Waals surface area contributed by atoms with Crippen molar-refractivity contribution in [2.75, 3.05) is 6.61 Å². The molecule has 0 aliphatic heterocycles. The molecule has 2 unspecified atom stereocenters. The van der Waals surface area contributed by atoms with Crippen LogP contribution in [-0.2, 0) is 9.53 Å². The zero-order chi connectivity index (χ0) is 19.0. The highest BCUT2D eigenvalue weighted by molar-refractivity contribution is 6.27. The van der Waals surface area contributed by atoms with Crippen LogP contribution < -0.4 is 0 Å². The molecule has 2 nitrogen and oxygen atoms in total. The third-order valence-corrected chi connectivity index (χ3v) is 7.81. The molecular formula is C22H46O2Si. The van der Waals surface area contributed by atoms with Gasteiger partial charge in [0.2, 0.25) is 0 Å². The molecule has 3 heteroatoms. The van der Waals surface area contributed by atoms with E-state index in [0.717, 1.165) is 23.1 Å². The van der Waals surface area contributed by atoms with Gasteiger partial charge in [0.15, 0.2) is 0 Å². The summed E-state index contributed by atoms with van der Waals surface area (Å²) in [5.41, 5.74) is 0. The molecular weight excluding hydrogens is 324 g/mol. The fourth-order valence-corrected chi connectivity index (χ4v) is 4.48. The number of unbranched alkanes of at least 4 members (excludes halogenated alkanes) is 8. The lowest BCUT2D eigenvalue weighted by Crippen LogP contribution is -2.34. The molecule has 0 aromatic carbocycles. The molecule has 0 heterocycles. The van der Waals surface area contributed by atoms with Gasteiger partial charge in [0.25, 0.3) is 0 Å². The Morgan fingerprint density at radius 1 is 0.800 bits per heavy atom. The van der Waals surface area contributed by atoms with E-state index >= 15 is 0 Å². The standard InChI is InChI=1S/C22H46O2Si/c1-5-9-11-13-15-18-20(17-7-3)22(25,8-4)21(23)24-19-16-14-12-10-6-2/h20H,5-19H2,1-4,25H3. The van der Waals surface area contributed by atoms with Crippen molar-refractivity contribution in [3.05, 3.63) is 0 Å². The molecule has 0 amide bonds. The van der Waals surface area contributed by atoms with Crippen molar-refractivity contribution in [2.24, 2.45) is 5.92 Å². The summed E-state index contributed by atoms with van der Waals surface area (Å²) in [6.07, 6.45) is 17.1. The van der Waals surface area contributed by atoms with Gasteiger partial charge in [-0.1, -0.05) is 91.9 Å².